The van der Waals surface area contributed by atoms with Crippen LogP contribution in [0.3, 0.4) is 0 Å². The molecule has 2 amide bonds. The van der Waals surface area contributed by atoms with E-state index in [1.165, 1.54) is 0 Å². The summed E-state index contributed by atoms with van der Waals surface area (Å²) in [5.41, 5.74) is 8.27. The first kappa shape index (κ1) is 17.5. The molecule has 1 aliphatic rings. The second-order valence-electron chi connectivity index (χ2n) is 6.24. The zero-order valence-electron chi connectivity index (χ0n) is 14.8. The molecule has 0 unspecified atom stereocenters. The van der Waals surface area contributed by atoms with E-state index in [2.05, 4.69) is 10.4 Å². The molecule has 3 N–H and O–H groups in total. The summed E-state index contributed by atoms with van der Waals surface area (Å²) < 4.78 is 1.61. The number of para-hydroxylation sites is 1. The van der Waals surface area contributed by atoms with E-state index in [1.807, 2.05) is 36.4 Å². The number of likely N-dealkylation sites (N-methyl/N-ethyl adjacent to an activating group) is 1. The van der Waals surface area contributed by atoms with Crippen LogP contribution in [0, 0.1) is 0 Å². The number of carbonyl (C=O) groups is 2. The largest absolute Gasteiger partial charge is 0.365 e. The lowest BCUT2D eigenvalue weighted by Gasteiger charge is -2.18. The van der Waals surface area contributed by atoms with E-state index in [0.29, 0.717) is 24.2 Å². The third kappa shape index (κ3) is 3.66. The van der Waals surface area contributed by atoms with Gasteiger partial charge in [-0.3, -0.25) is 9.59 Å². The Labute approximate surface area is 151 Å². The van der Waals surface area contributed by atoms with Crippen LogP contribution in [0.15, 0.2) is 60.0 Å². The molecule has 0 atom stereocenters. The fourth-order valence-electron chi connectivity index (χ4n) is 2.72. The lowest BCUT2D eigenvalue weighted by atomic mass is 10.0. The molecule has 3 rings (SSSR count). The van der Waals surface area contributed by atoms with Crippen molar-refractivity contribution in [3.63, 3.8) is 0 Å². The summed E-state index contributed by atoms with van der Waals surface area (Å²) in [5, 5.41) is 7.61. The highest BCUT2D eigenvalue weighted by atomic mass is 16.2. The maximum absolute atomic E-state index is 12.0. The Kier molecular flexibility index (Phi) is 4.88. The molecule has 134 valence electrons. The highest BCUT2D eigenvalue weighted by Gasteiger charge is 2.19. The highest BCUT2D eigenvalue weighted by molar-refractivity contribution is 5.98. The molecule has 7 nitrogen and oxygen atoms in total. The molecule has 1 aliphatic carbocycles. The molecule has 0 radical (unpaired) electrons. The number of hydrogen-bond donors (Lipinski definition) is 2. The number of carbonyl (C=O) groups excluding carboxylic acids is 2. The minimum Gasteiger partial charge on any atom is -0.365 e. The minimum absolute atomic E-state index is 0.00600. The zero-order valence-corrected chi connectivity index (χ0v) is 14.8. The molecule has 1 aromatic heterocycles. The second kappa shape index (κ2) is 7.26. The van der Waals surface area contributed by atoms with E-state index in [0.717, 1.165) is 17.0 Å². The molecule has 7 heteroatoms. The van der Waals surface area contributed by atoms with Crippen molar-refractivity contribution >= 4 is 17.6 Å². The van der Waals surface area contributed by atoms with Crippen molar-refractivity contribution in [3.05, 3.63) is 65.5 Å². The van der Waals surface area contributed by atoms with Gasteiger partial charge < -0.3 is 16.0 Å². The number of allylic oxidation sites excluding steroid dienone is 3. The van der Waals surface area contributed by atoms with Gasteiger partial charge in [0.05, 0.1) is 5.69 Å². The summed E-state index contributed by atoms with van der Waals surface area (Å²) in [6.45, 7) is 0. The topological polar surface area (TPSA) is 93.2 Å². The third-order valence-corrected chi connectivity index (χ3v) is 4.11. The molecule has 0 spiro atoms. The van der Waals surface area contributed by atoms with Crippen molar-refractivity contribution in [1.82, 2.24) is 14.7 Å². The zero-order chi connectivity index (χ0) is 18.7. The van der Waals surface area contributed by atoms with Crippen LogP contribution in [-0.2, 0) is 4.79 Å². The van der Waals surface area contributed by atoms with Crippen molar-refractivity contribution in [2.75, 3.05) is 19.4 Å². The van der Waals surface area contributed by atoms with Crippen LogP contribution in [0.1, 0.15) is 23.2 Å². The number of anilines is 1. The maximum atomic E-state index is 12.0. The highest BCUT2D eigenvalue weighted by Crippen LogP contribution is 2.23. The Hall–Kier alpha value is -3.35. The van der Waals surface area contributed by atoms with E-state index >= 15 is 0 Å². The third-order valence-electron chi connectivity index (χ3n) is 4.11. The molecule has 0 fully saturated rings. The molecule has 0 saturated carbocycles. The van der Waals surface area contributed by atoms with Gasteiger partial charge in [0.1, 0.15) is 5.56 Å². The van der Waals surface area contributed by atoms with E-state index in [1.54, 1.807) is 35.9 Å². The summed E-state index contributed by atoms with van der Waals surface area (Å²) in [6, 6.07) is 9.48. The molecular weight excluding hydrogens is 330 g/mol. The smallest absolute Gasteiger partial charge is 0.254 e. The van der Waals surface area contributed by atoms with E-state index < -0.39 is 5.91 Å². The number of rotatable bonds is 5. The lowest BCUT2D eigenvalue weighted by Crippen LogP contribution is -2.24. The molecule has 1 heterocycles. The Morgan fingerprint density at radius 3 is 2.46 bits per heavy atom. The average Bonchev–Trinajstić information content (AvgIpc) is 3.06. The molecule has 0 aliphatic heterocycles. The number of nitrogens with one attached hydrogen (secondary N) is 1. The monoisotopic (exact) mass is 351 g/mol. The van der Waals surface area contributed by atoms with Crippen LogP contribution in [-0.4, -0.2) is 40.6 Å². The van der Waals surface area contributed by atoms with Crippen LogP contribution in [0.5, 0.6) is 0 Å². The van der Waals surface area contributed by atoms with Crippen LogP contribution >= 0.6 is 0 Å². The van der Waals surface area contributed by atoms with Crippen LogP contribution in [0.25, 0.3) is 5.69 Å². The normalized spacial score (nSPS) is 13.6. The molecule has 1 aromatic carbocycles. The van der Waals surface area contributed by atoms with Crippen molar-refractivity contribution in [1.29, 1.82) is 0 Å². The van der Waals surface area contributed by atoms with E-state index in [-0.39, 0.29) is 5.91 Å². The van der Waals surface area contributed by atoms with Crippen LogP contribution in [0.2, 0.25) is 0 Å². The quantitative estimate of drug-likeness (QED) is 0.862. The van der Waals surface area contributed by atoms with Gasteiger partial charge in [0.25, 0.3) is 5.91 Å². The van der Waals surface area contributed by atoms with Gasteiger partial charge in [0.15, 0.2) is 5.82 Å². The fourth-order valence-corrected chi connectivity index (χ4v) is 2.72. The fraction of sp³-hybridized carbons (Fsp3) is 0.211. The van der Waals surface area contributed by atoms with Crippen molar-refractivity contribution in [2.24, 2.45) is 5.73 Å². The van der Waals surface area contributed by atoms with Crippen molar-refractivity contribution in [3.8, 4) is 5.69 Å². The summed E-state index contributed by atoms with van der Waals surface area (Å²) in [4.78, 5) is 25.3. The van der Waals surface area contributed by atoms with Gasteiger partial charge in [0.2, 0.25) is 5.91 Å². The number of aromatic nitrogens is 2. The Balaban J connectivity index is 1.85. The van der Waals surface area contributed by atoms with Crippen LogP contribution in [0.4, 0.5) is 5.82 Å². The number of primary amides is 1. The van der Waals surface area contributed by atoms with Crippen LogP contribution < -0.4 is 11.1 Å². The number of hydrogen-bond acceptors (Lipinski definition) is 4. The van der Waals surface area contributed by atoms with Crippen molar-refractivity contribution in [2.45, 2.75) is 12.8 Å². The summed E-state index contributed by atoms with van der Waals surface area (Å²) in [6.07, 6.45) is 6.53. The first-order valence-corrected chi connectivity index (χ1v) is 8.29. The number of amides is 2. The first-order valence-electron chi connectivity index (χ1n) is 8.29. The van der Waals surface area contributed by atoms with E-state index in [9.17, 15) is 9.59 Å². The Bertz CT molecular complexity index is 894. The number of nitrogens with zero attached hydrogens (tertiary/aromatic N) is 3. The van der Waals surface area contributed by atoms with Gasteiger partial charge in [-0.15, -0.1) is 5.10 Å². The number of nitrogens with two attached hydrogens (primary N) is 1. The summed E-state index contributed by atoms with van der Waals surface area (Å²) >= 11 is 0. The average molecular weight is 351 g/mol. The summed E-state index contributed by atoms with van der Waals surface area (Å²) in [7, 11) is 3.46. The molecular formula is C19H21N5O2. The van der Waals surface area contributed by atoms with E-state index in [4.69, 9.17) is 5.73 Å². The predicted octanol–water partition coefficient (Wildman–Crippen LogP) is 2.08. The molecule has 26 heavy (non-hydrogen) atoms. The van der Waals surface area contributed by atoms with Gasteiger partial charge in [-0.05, 0) is 31.1 Å². The molecule has 0 bridgehead atoms. The molecule has 2 aromatic rings. The SMILES string of the molecule is CN(C)C(=O)C1=CC=C(Nc2nn(-c3ccccc3)cc2C(N)=O)CC1. The van der Waals surface area contributed by atoms with Crippen molar-refractivity contribution < 1.29 is 9.59 Å². The Morgan fingerprint density at radius 1 is 1.15 bits per heavy atom. The van der Waals surface area contributed by atoms with Gasteiger partial charge in [-0.2, -0.15) is 0 Å². The minimum atomic E-state index is -0.551. The second-order valence-corrected chi connectivity index (χ2v) is 6.24. The standard InChI is InChI=1S/C19H21N5O2/c1-23(2)19(26)13-8-10-14(11-9-13)21-18-16(17(20)25)12-24(22-18)15-6-4-3-5-7-15/h3-8,10,12H,9,11H2,1-2H3,(H2,20,25)(H,21,22). The molecule has 0 saturated heterocycles. The van der Waals surface area contributed by atoms with Gasteiger partial charge >= 0.3 is 0 Å². The van der Waals surface area contributed by atoms with Gasteiger partial charge in [-0.25, -0.2) is 4.68 Å². The first-order chi connectivity index (χ1) is 12.5. The predicted molar refractivity (Wildman–Crippen MR) is 99.8 cm³/mol. The van der Waals surface area contributed by atoms with Gasteiger partial charge in [-0.1, -0.05) is 24.3 Å². The summed E-state index contributed by atoms with van der Waals surface area (Å²) in [5.74, 6) is -0.139. The Morgan fingerprint density at radius 2 is 1.88 bits per heavy atom. The lowest BCUT2D eigenvalue weighted by molar-refractivity contribution is -0.124. The number of benzene rings is 1. The van der Waals surface area contributed by atoms with Gasteiger partial charge in [0, 0.05) is 31.6 Å². The maximum Gasteiger partial charge on any atom is 0.254 e.